The quantitative estimate of drug-likeness (QED) is 0.687. The van der Waals surface area contributed by atoms with E-state index in [4.69, 9.17) is 4.74 Å². The molecule has 3 nitrogen and oxygen atoms in total. The summed E-state index contributed by atoms with van der Waals surface area (Å²) in [4.78, 5) is 3.65. The number of H-pyrrole nitrogens is 1. The van der Waals surface area contributed by atoms with Crippen LogP contribution in [0.3, 0.4) is 0 Å². The van der Waals surface area contributed by atoms with E-state index in [2.05, 4.69) is 59.7 Å². The van der Waals surface area contributed by atoms with Gasteiger partial charge < -0.3 is 15.0 Å². The van der Waals surface area contributed by atoms with E-state index in [1.165, 1.54) is 33.3 Å². The summed E-state index contributed by atoms with van der Waals surface area (Å²) in [5.74, 6) is 0.963. The number of nitrogens with one attached hydrogen (secondary N) is 2. The molecule has 2 aromatic carbocycles. The molecule has 1 aliphatic rings. The van der Waals surface area contributed by atoms with E-state index < -0.39 is 0 Å². The second-order valence-corrected chi connectivity index (χ2v) is 6.94. The van der Waals surface area contributed by atoms with Gasteiger partial charge >= 0.3 is 0 Å². The molecule has 0 saturated carbocycles. The topological polar surface area (TPSA) is 37.0 Å². The summed E-state index contributed by atoms with van der Waals surface area (Å²) in [6, 6.07) is 15.0. The van der Waals surface area contributed by atoms with Gasteiger partial charge in [0.25, 0.3) is 0 Å². The van der Waals surface area contributed by atoms with Crippen molar-refractivity contribution in [1.29, 1.82) is 0 Å². The van der Waals surface area contributed by atoms with Gasteiger partial charge in [-0.25, -0.2) is 0 Å². The van der Waals surface area contributed by atoms with Crippen molar-refractivity contribution in [3.05, 3.63) is 64.8 Å². The fourth-order valence-corrected chi connectivity index (χ4v) is 3.79. The lowest BCUT2D eigenvalue weighted by Crippen LogP contribution is -2.16. The molecule has 0 fully saturated rings. The van der Waals surface area contributed by atoms with Crippen LogP contribution in [0.2, 0.25) is 0 Å². The van der Waals surface area contributed by atoms with Crippen LogP contribution >= 0.6 is 0 Å². The molecule has 0 aliphatic carbocycles. The zero-order valence-corrected chi connectivity index (χ0v) is 14.9. The fourth-order valence-electron chi connectivity index (χ4n) is 3.79. The van der Waals surface area contributed by atoms with Crippen LogP contribution in [0.5, 0.6) is 5.75 Å². The van der Waals surface area contributed by atoms with E-state index in [-0.39, 0.29) is 0 Å². The molecule has 2 N–H and O–H groups in total. The molecule has 1 aliphatic heterocycles. The summed E-state index contributed by atoms with van der Waals surface area (Å²) >= 11 is 0. The Hall–Kier alpha value is -2.26. The molecule has 25 heavy (non-hydrogen) atoms. The molecular weight excluding hydrogens is 308 g/mol. The van der Waals surface area contributed by atoms with Crippen molar-refractivity contribution in [2.24, 2.45) is 0 Å². The maximum Gasteiger partial charge on any atom is 0.119 e. The number of aromatic nitrogens is 1. The lowest BCUT2D eigenvalue weighted by Gasteiger charge is -2.09. The highest BCUT2D eigenvalue weighted by Crippen LogP contribution is 2.28. The van der Waals surface area contributed by atoms with Gasteiger partial charge in [0.1, 0.15) is 5.75 Å². The Morgan fingerprint density at radius 3 is 2.72 bits per heavy atom. The Balaban J connectivity index is 1.46. The number of rotatable bonds is 5. The highest BCUT2D eigenvalue weighted by Gasteiger charge is 2.16. The normalized spacial score (nSPS) is 14.3. The monoisotopic (exact) mass is 334 g/mol. The van der Waals surface area contributed by atoms with E-state index in [0.717, 1.165) is 51.1 Å². The van der Waals surface area contributed by atoms with Crippen LogP contribution in [0.25, 0.3) is 10.9 Å². The number of benzene rings is 2. The zero-order valence-electron chi connectivity index (χ0n) is 14.9. The third-order valence-electron chi connectivity index (χ3n) is 5.09. The predicted octanol–water partition coefficient (Wildman–Crippen LogP) is 4.18. The Labute approximate surface area is 149 Å². The second-order valence-electron chi connectivity index (χ2n) is 6.94. The first-order chi connectivity index (χ1) is 12.3. The van der Waals surface area contributed by atoms with Crippen LogP contribution in [0.15, 0.2) is 42.5 Å². The molecule has 0 radical (unpaired) electrons. The van der Waals surface area contributed by atoms with E-state index >= 15 is 0 Å². The zero-order chi connectivity index (χ0) is 17.1. The average Bonchev–Trinajstić information content (AvgIpc) is 2.83. The van der Waals surface area contributed by atoms with Crippen LogP contribution in [-0.2, 0) is 19.3 Å². The summed E-state index contributed by atoms with van der Waals surface area (Å²) in [5.41, 5.74) is 6.95. The Morgan fingerprint density at radius 1 is 1.00 bits per heavy atom. The molecule has 0 unspecified atom stereocenters. The Bertz CT molecular complexity index is 848. The number of hydrogen-bond acceptors (Lipinski definition) is 2. The maximum atomic E-state index is 5.89. The summed E-state index contributed by atoms with van der Waals surface area (Å²) in [6.07, 6.45) is 4.30. The smallest absolute Gasteiger partial charge is 0.119 e. The van der Waals surface area contributed by atoms with E-state index in [9.17, 15) is 0 Å². The first-order valence-electron chi connectivity index (χ1n) is 9.33. The third kappa shape index (κ3) is 3.57. The van der Waals surface area contributed by atoms with E-state index in [1.54, 1.807) is 0 Å². The van der Waals surface area contributed by atoms with Gasteiger partial charge in [-0.2, -0.15) is 0 Å². The minimum Gasteiger partial charge on any atom is -0.494 e. The largest absolute Gasteiger partial charge is 0.494 e. The van der Waals surface area contributed by atoms with Crippen molar-refractivity contribution in [2.45, 2.75) is 32.6 Å². The molecule has 0 amide bonds. The van der Waals surface area contributed by atoms with Crippen molar-refractivity contribution in [2.75, 3.05) is 19.7 Å². The Kier molecular flexibility index (Phi) is 4.75. The summed E-state index contributed by atoms with van der Waals surface area (Å²) < 4.78 is 5.89. The number of ether oxygens (including phenoxy) is 1. The molecule has 1 aromatic heterocycles. The number of fused-ring (bicyclic) bond motifs is 3. The summed E-state index contributed by atoms with van der Waals surface area (Å²) in [7, 11) is 0. The van der Waals surface area contributed by atoms with Crippen LogP contribution < -0.4 is 10.1 Å². The average molecular weight is 334 g/mol. The third-order valence-corrected chi connectivity index (χ3v) is 5.09. The van der Waals surface area contributed by atoms with Crippen LogP contribution in [0, 0.1) is 6.92 Å². The van der Waals surface area contributed by atoms with Gasteiger partial charge in [0.2, 0.25) is 0 Å². The van der Waals surface area contributed by atoms with Crippen LogP contribution in [0.4, 0.5) is 0 Å². The first kappa shape index (κ1) is 16.2. The lowest BCUT2D eigenvalue weighted by molar-refractivity contribution is 0.311. The van der Waals surface area contributed by atoms with Crippen molar-refractivity contribution in [3.63, 3.8) is 0 Å². The molecule has 0 atom stereocenters. The van der Waals surface area contributed by atoms with Crippen molar-refractivity contribution >= 4 is 10.9 Å². The minimum absolute atomic E-state index is 0.758. The van der Waals surface area contributed by atoms with E-state index in [0.29, 0.717) is 0 Å². The second kappa shape index (κ2) is 7.32. The molecule has 4 rings (SSSR count). The maximum absolute atomic E-state index is 5.89. The molecule has 130 valence electrons. The first-order valence-corrected chi connectivity index (χ1v) is 9.33. The number of aryl methyl sites for hydroxylation is 2. The molecule has 0 spiro atoms. The van der Waals surface area contributed by atoms with Gasteiger partial charge in [-0.1, -0.05) is 29.8 Å². The highest BCUT2D eigenvalue weighted by atomic mass is 16.5. The van der Waals surface area contributed by atoms with Gasteiger partial charge in [-0.3, -0.25) is 0 Å². The highest BCUT2D eigenvalue weighted by molar-refractivity contribution is 5.88. The van der Waals surface area contributed by atoms with Gasteiger partial charge in [0.15, 0.2) is 0 Å². The minimum atomic E-state index is 0.758. The van der Waals surface area contributed by atoms with Crippen molar-refractivity contribution in [3.8, 4) is 5.75 Å². The van der Waals surface area contributed by atoms with Crippen LogP contribution in [0.1, 0.15) is 28.8 Å². The molecule has 2 heterocycles. The molecule has 3 aromatic rings. The molecule has 0 bridgehead atoms. The van der Waals surface area contributed by atoms with E-state index in [1.807, 2.05) is 0 Å². The lowest BCUT2D eigenvalue weighted by atomic mass is 9.99. The van der Waals surface area contributed by atoms with Gasteiger partial charge in [0, 0.05) is 29.6 Å². The van der Waals surface area contributed by atoms with Crippen LogP contribution in [-0.4, -0.2) is 24.7 Å². The molecular formula is C22H26N2O. The number of aromatic amines is 1. The van der Waals surface area contributed by atoms with Crippen molar-refractivity contribution < 1.29 is 4.74 Å². The van der Waals surface area contributed by atoms with Gasteiger partial charge in [-0.05, 0) is 62.1 Å². The van der Waals surface area contributed by atoms with Crippen molar-refractivity contribution in [1.82, 2.24) is 10.3 Å². The SMILES string of the molecule is Cc1ccc(OCCCc2cccc3[nH]c4c(c23)CCNCC4)cc1. The fraction of sp³-hybridized carbons (Fsp3) is 0.364. The predicted molar refractivity (Wildman–Crippen MR) is 104 cm³/mol. The standard InChI is InChI=1S/C22H26N2O/c1-16-7-9-18(10-8-16)25-15-3-5-17-4-2-6-21-22(17)19-11-13-23-14-12-20(19)24-21/h2,4,6-10,23-24H,3,5,11-15H2,1H3. The summed E-state index contributed by atoms with van der Waals surface area (Å²) in [6.45, 7) is 5.00. The molecule has 0 saturated heterocycles. The molecule has 3 heteroatoms. The number of hydrogen-bond donors (Lipinski definition) is 2. The summed E-state index contributed by atoms with van der Waals surface area (Å²) in [5, 5.41) is 4.95. The Morgan fingerprint density at radius 2 is 1.84 bits per heavy atom. The van der Waals surface area contributed by atoms with Gasteiger partial charge in [-0.15, -0.1) is 0 Å². The van der Waals surface area contributed by atoms with Gasteiger partial charge in [0.05, 0.1) is 6.61 Å².